The number of nitrogens with zero attached hydrogens (tertiary/aromatic N) is 1. The van der Waals surface area contributed by atoms with Gasteiger partial charge in [0.1, 0.15) is 17.1 Å². The van der Waals surface area contributed by atoms with Crippen LogP contribution in [0.25, 0.3) is 0 Å². The number of nitrogens with one attached hydrogen (secondary N) is 1. The van der Waals surface area contributed by atoms with Gasteiger partial charge in [0.15, 0.2) is 6.10 Å². The summed E-state index contributed by atoms with van der Waals surface area (Å²) in [6, 6.07) is 30.8. The van der Waals surface area contributed by atoms with Crippen molar-refractivity contribution in [2.45, 2.75) is 23.9 Å². The number of fused-ring (bicyclic) bond motifs is 1. The highest BCUT2D eigenvalue weighted by molar-refractivity contribution is 7.86. The van der Waals surface area contributed by atoms with Crippen LogP contribution in [-0.4, -0.2) is 44.1 Å². The Labute approximate surface area is 267 Å². The molecular formula is C36H28N2O5S2. The average Bonchev–Trinajstić information content (AvgIpc) is 3.58. The van der Waals surface area contributed by atoms with Crippen molar-refractivity contribution in [1.82, 2.24) is 10.2 Å². The molecule has 1 fully saturated rings. The third-order valence-electron chi connectivity index (χ3n) is 7.37. The second kappa shape index (κ2) is 13.7. The molecule has 3 aromatic carbocycles. The number of hydrogen-bond acceptors (Lipinski definition) is 6. The zero-order valence-electron chi connectivity index (χ0n) is 24.0. The standard InChI is InChI=1S/C36H28N2O5S2/c39-30(23-29-21-12-22-44-29)37-31-34(40)38-32(28(24-45(42)35(31)38)20-11-10-15-25-13-4-1-5-14-25)36(41)43-33(26-16-6-2-7-17-26)27-18-8-3-9-19-27/h1-9,11-14,16-22,31,33,35H,23-24H2,(H,37,39)/t31-,35-,45+/m1/s1. The Morgan fingerprint density at radius 1 is 0.956 bits per heavy atom. The molecule has 2 aliphatic rings. The molecule has 0 spiro atoms. The van der Waals surface area contributed by atoms with Gasteiger partial charge in [-0.15, -0.1) is 11.3 Å². The van der Waals surface area contributed by atoms with E-state index in [0.29, 0.717) is 5.57 Å². The molecule has 0 unspecified atom stereocenters. The molecule has 0 saturated carbocycles. The molecule has 6 rings (SSSR count). The Morgan fingerprint density at radius 3 is 2.22 bits per heavy atom. The van der Waals surface area contributed by atoms with Gasteiger partial charge in [0.25, 0.3) is 5.91 Å². The number of ether oxygens (including phenoxy) is 1. The number of β-lactam (4-membered cyclic amide) rings is 1. The molecule has 4 aromatic rings. The molecule has 7 nitrogen and oxygen atoms in total. The van der Waals surface area contributed by atoms with Gasteiger partial charge in [-0.2, -0.15) is 0 Å². The lowest BCUT2D eigenvalue weighted by molar-refractivity contribution is -0.154. The number of carbonyl (C=O) groups is 3. The predicted octanol–water partition coefficient (Wildman–Crippen LogP) is 4.90. The fraction of sp³-hybridized carbons (Fsp3) is 0.139. The second-order valence-corrected chi connectivity index (χ2v) is 12.9. The van der Waals surface area contributed by atoms with E-state index in [-0.39, 0.29) is 23.8 Å². The zero-order valence-corrected chi connectivity index (χ0v) is 25.6. The lowest BCUT2D eigenvalue weighted by Crippen LogP contribution is -2.73. The molecule has 3 heterocycles. The third-order valence-corrected chi connectivity index (χ3v) is 9.86. The van der Waals surface area contributed by atoms with Crippen LogP contribution in [0.5, 0.6) is 0 Å². The van der Waals surface area contributed by atoms with Crippen molar-refractivity contribution in [3.8, 4) is 11.8 Å². The molecule has 45 heavy (non-hydrogen) atoms. The van der Waals surface area contributed by atoms with E-state index < -0.39 is 40.2 Å². The van der Waals surface area contributed by atoms with Gasteiger partial charge in [-0.3, -0.25) is 18.7 Å². The van der Waals surface area contributed by atoms with E-state index >= 15 is 0 Å². The SMILES string of the molecule is O=C(Cc1cccs1)N[C@@H]1C(=O)N2C(C(=O)OC(c3ccccc3)c3ccccc3)=C(C=CC#Cc3ccccc3)C[S@](=O)[C@H]12. The Kier molecular flexibility index (Phi) is 9.15. The number of amides is 2. The van der Waals surface area contributed by atoms with Crippen LogP contribution in [-0.2, 0) is 36.3 Å². The van der Waals surface area contributed by atoms with E-state index in [0.717, 1.165) is 21.6 Å². The molecule has 9 heteroatoms. The van der Waals surface area contributed by atoms with Crippen LogP contribution >= 0.6 is 11.3 Å². The first-order chi connectivity index (χ1) is 22.0. The molecule has 0 aliphatic carbocycles. The van der Waals surface area contributed by atoms with Crippen molar-refractivity contribution in [2.75, 3.05) is 5.75 Å². The van der Waals surface area contributed by atoms with Crippen LogP contribution in [0.2, 0.25) is 0 Å². The molecule has 2 amide bonds. The Hall–Kier alpha value is -5.04. The number of carbonyl (C=O) groups excluding carboxylic acids is 3. The molecule has 1 N–H and O–H groups in total. The average molecular weight is 633 g/mol. The summed E-state index contributed by atoms with van der Waals surface area (Å²) >= 11 is 1.44. The van der Waals surface area contributed by atoms with Gasteiger partial charge < -0.3 is 10.1 Å². The smallest absolute Gasteiger partial charge is 0.356 e. The van der Waals surface area contributed by atoms with Crippen molar-refractivity contribution < 1.29 is 23.3 Å². The first-order valence-electron chi connectivity index (χ1n) is 14.3. The van der Waals surface area contributed by atoms with E-state index in [9.17, 15) is 18.6 Å². The number of hydrogen-bond donors (Lipinski definition) is 1. The van der Waals surface area contributed by atoms with Gasteiger partial charge in [-0.1, -0.05) is 96.8 Å². The van der Waals surface area contributed by atoms with Gasteiger partial charge in [0.05, 0.1) is 23.0 Å². The van der Waals surface area contributed by atoms with Crippen molar-refractivity contribution in [3.63, 3.8) is 0 Å². The van der Waals surface area contributed by atoms with Crippen LogP contribution < -0.4 is 5.32 Å². The van der Waals surface area contributed by atoms with Crippen molar-refractivity contribution >= 4 is 39.9 Å². The quantitative estimate of drug-likeness (QED) is 0.170. The summed E-state index contributed by atoms with van der Waals surface area (Å²) < 4.78 is 19.7. The van der Waals surface area contributed by atoms with Crippen molar-refractivity contribution in [3.05, 3.63) is 153 Å². The van der Waals surface area contributed by atoms with Crippen molar-refractivity contribution in [2.24, 2.45) is 0 Å². The highest BCUT2D eigenvalue weighted by Gasteiger charge is 2.57. The van der Waals surface area contributed by atoms with Gasteiger partial charge >= 0.3 is 5.97 Å². The number of esters is 1. The summed E-state index contributed by atoms with van der Waals surface area (Å²) in [6.45, 7) is 0. The molecule has 1 saturated heterocycles. The number of allylic oxidation sites excluding steroid dienone is 2. The van der Waals surface area contributed by atoms with Gasteiger partial charge in [0.2, 0.25) is 5.91 Å². The Bertz CT molecular complexity index is 1800. The monoisotopic (exact) mass is 632 g/mol. The fourth-order valence-corrected chi connectivity index (χ4v) is 7.60. The number of thiophene rings is 1. The topological polar surface area (TPSA) is 92.8 Å². The first kappa shape index (κ1) is 30.0. The molecule has 1 aromatic heterocycles. The van der Waals surface area contributed by atoms with E-state index in [1.165, 1.54) is 16.2 Å². The fourth-order valence-electron chi connectivity index (χ4n) is 5.25. The van der Waals surface area contributed by atoms with Gasteiger partial charge in [-0.25, -0.2) is 4.79 Å². The Balaban J connectivity index is 1.32. The molecule has 0 bridgehead atoms. The molecule has 3 atom stereocenters. The lowest BCUT2D eigenvalue weighted by atomic mass is 10.0. The molecule has 0 radical (unpaired) electrons. The summed E-state index contributed by atoms with van der Waals surface area (Å²) in [5.74, 6) is 4.36. The predicted molar refractivity (Wildman–Crippen MR) is 174 cm³/mol. The number of rotatable bonds is 8. The van der Waals surface area contributed by atoms with Crippen LogP contribution in [0.1, 0.15) is 27.7 Å². The second-order valence-electron chi connectivity index (χ2n) is 10.4. The zero-order chi connectivity index (χ0) is 31.2. The van der Waals surface area contributed by atoms with Crippen LogP contribution in [0.3, 0.4) is 0 Å². The van der Waals surface area contributed by atoms with Crippen molar-refractivity contribution in [1.29, 1.82) is 0 Å². The summed E-state index contributed by atoms with van der Waals surface area (Å²) in [4.78, 5) is 42.5. The molecular weight excluding hydrogens is 605 g/mol. The van der Waals surface area contributed by atoms with Crippen LogP contribution in [0.4, 0.5) is 0 Å². The van der Waals surface area contributed by atoms with E-state index in [1.807, 2.05) is 109 Å². The highest BCUT2D eigenvalue weighted by atomic mass is 32.2. The maximum absolute atomic E-state index is 14.1. The number of benzene rings is 3. The maximum atomic E-state index is 14.1. The normalized spacial score (nSPS) is 19.0. The molecule has 224 valence electrons. The summed E-state index contributed by atoms with van der Waals surface area (Å²) in [5, 5.41) is 3.71. The maximum Gasteiger partial charge on any atom is 0.356 e. The van der Waals surface area contributed by atoms with Gasteiger partial charge in [-0.05, 0) is 52.4 Å². The van der Waals surface area contributed by atoms with Crippen LogP contribution in [0.15, 0.2) is 132 Å². The summed E-state index contributed by atoms with van der Waals surface area (Å²) in [7, 11) is -1.60. The largest absolute Gasteiger partial charge is 0.448 e. The lowest BCUT2D eigenvalue weighted by Gasteiger charge is -2.49. The minimum absolute atomic E-state index is 0.00276. The minimum atomic E-state index is -1.60. The minimum Gasteiger partial charge on any atom is -0.448 e. The summed E-state index contributed by atoms with van der Waals surface area (Å²) in [6.07, 6.45) is 2.54. The molecule has 2 aliphatic heterocycles. The van der Waals surface area contributed by atoms with E-state index in [1.54, 1.807) is 12.2 Å². The third kappa shape index (κ3) is 6.73. The summed E-state index contributed by atoms with van der Waals surface area (Å²) in [5.41, 5.74) is 2.70. The van der Waals surface area contributed by atoms with Gasteiger partial charge in [0, 0.05) is 10.4 Å². The van der Waals surface area contributed by atoms with E-state index in [2.05, 4.69) is 17.2 Å². The highest BCUT2D eigenvalue weighted by Crippen LogP contribution is 2.37. The Morgan fingerprint density at radius 2 is 1.60 bits per heavy atom. The van der Waals surface area contributed by atoms with E-state index in [4.69, 9.17) is 4.74 Å². The van der Waals surface area contributed by atoms with Crippen LogP contribution in [0, 0.1) is 11.8 Å². The first-order valence-corrected chi connectivity index (χ1v) is 16.5.